The maximum Gasteiger partial charge on any atom is 0.251 e. The van der Waals surface area contributed by atoms with Crippen LogP contribution in [0.4, 0.5) is 0 Å². The first-order valence-corrected chi connectivity index (χ1v) is 9.93. The monoisotopic (exact) mass is 382 g/mol. The fourth-order valence-electron chi connectivity index (χ4n) is 3.60. The minimum absolute atomic E-state index is 0.00359. The molecule has 0 unspecified atom stereocenters. The molecule has 1 aliphatic heterocycles. The van der Waals surface area contributed by atoms with Crippen LogP contribution in [0.5, 0.6) is 5.75 Å². The van der Waals surface area contributed by atoms with Crippen molar-refractivity contribution in [2.24, 2.45) is 0 Å². The first-order chi connectivity index (χ1) is 13.5. The molecule has 28 heavy (non-hydrogen) atoms. The molecule has 1 N–H and O–H groups in total. The fraction of sp³-hybridized carbons (Fsp3) is 0.435. The van der Waals surface area contributed by atoms with Crippen molar-refractivity contribution >= 4 is 5.91 Å². The lowest BCUT2D eigenvalue weighted by Crippen LogP contribution is -2.43. The molecule has 0 aliphatic carbocycles. The number of carbonyl (C=O) groups is 1. The van der Waals surface area contributed by atoms with Crippen LogP contribution in [0, 0.1) is 0 Å². The third-order valence-electron chi connectivity index (χ3n) is 5.07. The van der Waals surface area contributed by atoms with Crippen molar-refractivity contribution in [1.29, 1.82) is 0 Å². The van der Waals surface area contributed by atoms with Crippen LogP contribution >= 0.6 is 0 Å². The number of likely N-dealkylation sites (tertiary alicyclic amines) is 1. The molecule has 0 aromatic heterocycles. The number of benzene rings is 2. The van der Waals surface area contributed by atoms with E-state index in [2.05, 4.69) is 17.1 Å². The fourth-order valence-corrected chi connectivity index (χ4v) is 3.60. The molecule has 150 valence electrons. The number of hydrogen-bond acceptors (Lipinski definition) is 4. The molecule has 2 aromatic rings. The van der Waals surface area contributed by atoms with Gasteiger partial charge in [-0.1, -0.05) is 31.2 Å². The molecule has 1 fully saturated rings. The summed E-state index contributed by atoms with van der Waals surface area (Å²) in [6.45, 7) is 8.75. The first-order valence-electron chi connectivity index (χ1n) is 9.93. The van der Waals surface area contributed by atoms with E-state index in [9.17, 15) is 4.79 Å². The highest BCUT2D eigenvalue weighted by atomic mass is 16.5. The number of likely N-dealkylation sites (N-methyl/N-ethyl adjacent to an activating group) is 1. The maximum atomic E-state index is 12.8. The van der Waals surface area contributed by atoms with Crippen LogP contribution in [0.1, 0.15) is 31.1 Å². The molecular weight excluding hydrogens is 352 g/mol. The summed E-state index contributed by atoms with van der Waals surface area (Å²) < 4.78 is 11.3. The van der Waals surface area contributed by atoms with Gasteiger partial charge < -0.3 is 14.8 Å². The standard InChI is InChI=1S/C23H30N2O3/c1-5-25-14-21(22(15-25)27-4)24-23(26)19-10-6-8-17(12-19)18-9-7-11-20(13-18)28-16(2)3/h6-13,16,21-22H,5,14-15H2,1-4H3,(H,24,26)/t21-,22-/m1/s1. The third kappa shape index (κ3) is 4.91. The predicted molar refractivity (Wildman–Crippen MR) is 112 cm³/mol. The van der Waals surface area contributed by atoms with Crippen molar-refractivity contribution in [2.45, 2.75) is 39.0 Å². The molecule has 2 atom stereocenters. The number of nitrogens with zero attached hydrogens (tertiary/aromatic N) is 1. The topological polar surface area (TPSA) is 50.8 Å². The Morgan fingerprint density at radius 1 is 1.14 bits per heavy atom. The van der Waals surface area contributed by atoms with Crippen LogP contribution < -0.4 is 10.1 Å². The number of ether oxygens (including phenoxy) is 2. The van der Waals surface area contributed by atoms with E-state index in [0.717, 1.165) is 36.5 Å². The molecule has 1 aliphatic rings. The number of methoxy groups -OCH3 is 1. The molecule has 0 radical (unpaired) electrons. The van der Waals surface area contributed by atoms with Crippen molar-refractivity contribution in [2.75, 3.05) is 26.7 Å². The first kappa shape index (κ1) is 20.4. The number of hydrogen-bond donors (Lipinski definition) is 1. The Morgan fingerprint density at radius 2 is 1.86 bits per heavy atom. The molecule has 2 aromatic carbocycles. The van der Waals surface area contributed by atoms with Gasteiger partial charge in [0, 0.05) is 25.8 Å². The second-order valence-electron chi connectivity index (χ2n) is 7.48. The smallest absolute Gasteiger partial charge is 0.251 e. The SMILES string of the molecule is CCN1C[C@@H](NC(=O)c2cccc(-c3cccc(OC(C)C)c3)c2)[C@H](OC)C1. The van der Waals surface area contributed by atoms with Crippen molar-refractivity contribution in [3.05, 3.63) is 54.1 Å². The van der Waals surface area contributed by atoms with Crippen LogP contribution in [-0.2, 0) is 4.74 Å². The Hall–Kier alpha value is -2.37. The quantitative estimate of drug-likeness (QED) is 0.795. The van der Waals surface area contributed by atoms with Gasteiger partial charge in [-0.2, -0.15) is 0 Å². The van der Waals surface area contributed by atoms with Gasteiger partial charge in [-0.3, -0.25) is 9.69 Å². The summed E-state index contributed by atoms with van der Waals surface area (Å²) in [6, 6.07) is 15.7. The van der Waals surface area contributed by atoms with Gasteiger partial charge in [0.15, 0.2) is 0 Å². The lowest BCUT2D eigenvalue weighted by atomic mass is 10.0. The number of carbonyl (C=O) groups excluding carboxylic acids is 1. The largest absolute Gasteiger partial charge is 0.491 e. The zero-order chi connectivity index (χ0) is 20.1. The van der Waals surface area contributed by atoms with E-state index in [4.69, 9.17) is 9.47 Å². The lowest BCUT2D eigenvalue weighted by Gasteiger charge is -2.19. The third-order valence-corrected chi connectivity index (χ3v) is 5.07. The molecule has 5 heteroatoms. The van der Waals surface area contributed by atoms with E-state index >= 15 is 0 Å². The second kappa shape index (κ2) is 9.22. The highest BCUT2D eigenvalue weighted by Crippen LogP contribution is 2.25. The minimum atomic E-state index is -0.0681. The van der Waals surface area contributed by atoms with Crippen molar-refractivity contribution < 1.29 is 14.3 Å². The number of nitrogens with one attached hydrogen (secondary N) is 1. The number of amides is 1. The predicted octanol–water partition coefficient (Wildman–Crippen LogP) is 3.59. The Balaban J connectivity index is 1.75. The molecule has 1 amide bonds. The van der Waals surface area contributed by atoms with E-state index in [-0.39, 0.29) is 24.2 Å². The van der Waals surface area contributed by atoms with E-state index in [1.54, 1.807) is 7.11 Å². The highest BCUT2D eigenvalue weighted by Gasteiger charge is 2.33. The summed E-state index contributed by atoms with van der Waals surface area (Å²) in [6.07, 6.45) is 0.145. The number of rotatable bonds is 7. The summed E-state index contributed by atoms with van der Waals surface area (Å²) in [5, 5.41) is 3.15. The van der Waals surface area contributed by atoms with Crippen LogP contribution in [-0.4, -0.2) is 55.8 Å². The van der Waals surface area contributed by atoms with Crippen LogP contribution in [0.2, 0.25) is 0 Å². The summed E-state index contributed by atoms with van der Waals surface area (Å²) in [4.78, 5) is 15.1. The molecule has 3 rings (SSSR count). The average Bonchev–Trinajstić information content (AvgIpc) is 3.09. The summed E-state index contributed by atoms with van der Waals surface area (Å²) in [7, 11) is 1.70. The molecule has 0 bridgehead atoms. The Bertz CT molecular complexity index is 806. The lowest BCUT2D eigenvalue weighted by molar-refractivity contribution is 0.0762. The van der Waals surface area contributed by atoms with Crippen LogP contribution in [0.25, 0.3) is 11.1 Å². The van der Waals surface area contributed by atoms with Gasteiger partial charge in [-0.15, -0.1) is 0 Å². The zero-order valence-corrected chi connectivity index (χ0v) is 17.1. The normalized spacial score (nSPS) is 19.8. The van der Waals surface area contributed by atoms with E-state index in [1.807, 2.05) is 62.4 Å². The molecular formula is C23H30N2O3. The van der Waals surface area contributed by atoms with Gasteiger partial charge in [0.25, 0.3) is 5.91 Å². The summed E-state index contributed by atoms with van der Waals surface area (Å²) in [5.74, 6) is 0.761. The maximum absolute atomic E-state index is 12.8. The van der Waals surface area contributed by atoms with Gasteiger partial charge in [0.1, 0.15) is 5.75 Å². The van der Waals surface area contributed by atoms with Gasteiger partial charge in [-0.05, 0) is 55.8 Å². The Morgan fingerprint density at radius 3 is 2.54 bits per heavy atom. The molecule has 1 saturated heterocycles. The van der Waals surface area contributed by atoms with Crippen molar-refractivity contribution in [3.63, 3.8) is 0 Å². The van der Waals surface area contributed by atoms with E-state index < -0.39 is 0 Å². The Kier molecular flexibility index (Phi) is 6.70. The molecule has 0 spiro atoms. The molecule has 5 nitrogen and oxygen atoms in total. The summed E-state index contributed by atoms with van der Waals surface area (Å²) >= 11 is 0. The average molecular weight is 383 g/mol. The van der Waals surface area contributed by atoms with Crippen LogP contribution in [0.15, 0.2) is 48.5 Å². The van der Waals surface area contributed by atoms with Gasteiger partial charge in [0.05, 0.1) is 18.2 Å². The highest BCUT2D eigenvalue weighted by molar-refractivity contribution is 5.95. The molecule has 0 saturated carbocycles. The van der Waals surface area contributed by atoms with E-state index in [1.165, 1.54) is 0 Å². The zero-order valence-electron chi connectivity index (χ0n) is 17.1. The second-order valence-corrected chi connectivity index (χ2v) is 7.48. The van der Waals surface area contributed by atoms with Gasteiger partial charge in [-0.25, -0.2) is 0 Å². The Labute approximate surface area is 167 Å². The van der Waals surface area contributed by atoms with Crippen LogP contribution in [0.3, 0.4) is 0 Å². The van der Waals surface area contributed by atoms with Gasteiger partial charge in [0.2, 0.25) is 0 Å². The molecule has 1 heterocycles. The van der Waals surface area contributed by atoms with Crippen molar-refractivity contribution in [1.82, 2.24) is 10.2 Å². The minimum Gasteiger partial charge on any atom is -0.491 e. The van der Waals surface area contributed by atoms with Crippen molar-refractivity contribution in [3.8, 4) is 16.9 Å². The summed E-state index contributed by atoms with van der Waals surface area (Å²) in [5.41, 5.74) is 2.67. The van der Waals surface area contributed by atoms with Gasteiger partial charge >= 0.3 is 0 Å². The van der Waals surface area contributed by atoms with E-state index in [0.29, 0.717) is 5.56 Å².